The summed E-state index contributed by atoms with van der Waals surface area (Å²) in [5.41, 5.74) is 0.499. The smallest absolute Gasteiger partial charge is 0.218 e. The van der Waals surface area contributed by atoms with Crippen molar-refractivity contribution in [3.05, 3.63) is 23.6 Å². The first-order valence-electron chi connectivity index (χ1n) is 6.51. The number of methoxy groups -OCH3 is 1. The van der Waals surface area contributed by atoms with E-state index in [9.17, 15) is 4.39 Å². The molecule has 0 saturated carbocycles. The Morgan fingerprint density at radius 2 is 2.16 bits per heavy atom. The highest BCUT2D eigenvalue weighted by atomic mass is 19.1. The molecule has 5 heteroatoms. The SMILES string of the molecule is CCNCc1cc(F)cnc1OCCC(C)(C)OC. The maximum Gasteiger partial charge on any atom is 0.218 e. The van der Waals surface area contributed by atoms with Crippen molar-refractivity contribution < 1.29 is 13.9 Å². The molecule has 0 aliphatic rings. The predicted molar refractivity (Wildman–Crippen MR) is 72.8 cm³/mol. The molecule has 19 heavy (non-hydrogen) atoms. The third-order valence-electron chi connectivity index (χ3n) is 2.95. The zero-order chi connectivity index (χ0) is 14.3. The van der Waals surface area contributed by atoms with E-state index < -0.39 is 0 Å². The quantitative estimate of drug-likeness (QED) is 0.788. The second kappa shape index (κ2) is 7.40. The van der Waals surface area contributed by atoms with E-state index in [2.05, 4.69) is 10.3 Å². The number of nitrogens with zero attached hydrogens (tertiary/aromatic N) is 1. The Balaban J connectivity index is 2.61. The minimum atomic E-state index is -0.350. The van der Waals surface area contributed by atoms with Gasteiger partial charge in [-0.15, -0.1) is 0 Å². The summed E-state index contributed by atoms with van der Waals surface area (Å²) in [6.07, 6.45) is 1.91. The molecule has 1 aromatic heterocycles. The van der Waals surface area contributed by atoms with Crippen LogP contribution >= 0.6 is 0 Å². The molecule has 0 spiro atoms. The minimum Gasteiger partial charge on any atom is -0.477 e. The number of halogens is 1. The van der Waals surface area contributed by atoms with Crippen LogP contribution in [-0.4, -0.2) is 30.8 Å². The Hall–Kier alpha value is -1.20. The molecule has 0 unspecified atom stereocenters. The van der Waals surface area contributed by atoms with Crippen LogP contribution < -0.4 is 10.1 Å². The molecular weight excluding hydrogens is 247 g/mol. The summed E-state index contributed by atoms with van der Waals surface area (Å²) in [6, 6.07) is 1.45. The van der Waals surface area contributed by atoms with E-state index in [-0.39, 0.29) is 11.4 Å². The molecule has 4 nitrogen and oxygen atoms in total. The van der Waals surface area contributed by atoms with E-state index in [0.29, 0.717) is 19.0 Å². The van der Waals surface area contributed by atoms with Gasteiger partial charge in [-0.05, 0) is 26.5 Å². The molecular formula is C14H23FN2O2. The van der Waals surface area contributed by atoms with Crippen molar-refractivity contribution in [3.8, 4) is 5.88 Å². The maximum absolute atomic E-state index is 13.2. The molecule has 0 aliphatic carbocycles. The Morgan fingerprint density at radius 3 is 2.79 bits per heavy atom. The van der Waals surface area contributed by atoms with Gasteiger partial charge in [0.2, 0.25) is 5.88 Å². The summed E-state index contributed by atoms with van der Waals surface area (Å²) in [5, 5.41) is 3.14. The number of nitrogens with one attached hydrogen (secondary N) is 1. The lowest BCUT2D eigenvalue weighted by Crippen LogP contribution is -2.25. The van der Waals surface area contributed by atoms with Gasteiger partial charge >= 0.3 is 0 Å². The molecule has 1 aromatic rings. The Kier molecular flexibility index (Phi) is 6.18. The lowest BCUT2D eigenvalue weighted by Gasteiger charge is -2.22. The highest BCUT2D eigenvalue weighted by molar-refractivity contribution is 5.26. The van der Waals surface area contributed by atoms with Gasteiger partial charge in [-0.25, -0.2) is 9.37 Å². The van der Waals surface area contributed by atoms with Crippen molar-refractivity contribution in [1.82, 2.24) is 10.3 Å². The lowest BCUT2D eigenvalue weighted by atomic mass is 10.1. The average molecular weight is 270 g/mol. The number of pyridine rings is 1. The van der Waals surface area contributed by atoms with Crippen molar-refractivity contribution in [2.45, 2.75) is 39.3 Å². The molecule has 0 aliphatic heterocycles. The van der Waals surface area contributed by atoms with E-state index in [1.807, 2.05) is 20.8 Å². The van der Waals surface area contributed by atoms with Crippen LogP contribution in [-0.2, 0) is 11.3 Å². The normalized spacial score (nSPS) is 11.6. The molecule has 0 radical (unpaired) electrons. The first-order valence-corrected chi connectivity index (χ1v) is 6.51. The van der Waals surface area contributed by atoms with Gasteiger partial charge in [0, 0.05) is 25.6 Å². The molecule has 0 fully saturated rings. The maximum atomic E-state index is 13.2. The minimum absolute atomic E-state index is 0.234. The summed E-state index contributed by atoms with van der Waals surface area (Å²) in [5.74, 6) is 0.131. The molecule has 0 saturated heterocycles. The molecule has 0 amide bonds. The number of hydrogen-bond acceptors (Lipinski definition) is 4. The Morgan fingerprint density at radius 1 is 1.42 bits per heavy atom. The number of aromatic nitrogens is 1. The molecule has 108 valence electrons. The van der Waals surface area contributed by atoms with E-state index in [0.717, 1.165) is 18.5 Å². The van der Waals surface area contributed by atoms with Crippen molar-refractivity contribution in [2.75, 3.05) is 20.3 Å². The summed E-state index contributed by atoms with van der Waals surface area (Å²) in [4.78, 5) is 4.00. The van der Waals surface area contributed by atoms with E-state index >= 15 is 0 Å². The van der Waals surface area contributed by atoms with Gasteiger partial charge in [0.05, 0.1) is 18.4 Å². The van der Waals surface area contributed by atoms with Crippen LogP contribution in [0.2, 0.25) is 0 Å². The van der Waals surface area contributed by atoms with Gasteiger partial charge in [0.1, 0.15) is 5.82 Å². The van der Waals surface area contributed by atoms with Gasteiger partial charge in [-0.3, -0.25) is 0 Å². The van der Waals surface area contributed by atoms with Crippen LogP contribution in [0.25, 0.3) is 0 Å². The first kappa shape index (κ1) is 15.9. The summed E-state index contributed by atoms with van der Waals surface area (Å²) < 4.78 is 24.1. The van der Waals surface area contributed by atoms with Crippen LogP contribution in [0.1, 0.15) is 32.8 Å². The third-order valence-corrected chi connectivity index (χ3v) is 2.95. The standard InChI is InChI=1S/C14H23FN2O2/c1-5-16-9-11-8-12(15)10-17-13(11)19-7-6-14(2,3)18-4/h8,10,16H,5-7,9H2,1-4H3. The second-order valence-corrected chi connectivity index (χ2v) is 4.96. The average Bonchev–Trinajstić information content (AvgIpc) is 2.38. The first-order chi connectivity index (χ1) is 8.98. The number of ether oxygens (including phenoxy) is 2. The van der Waals surface area contributed by atoms with Crippen LogP contribution in [0, 0.1) is 5.82 Å². The van der Waals surface area contributed by atoms with Gasteiger partial charge in [0.25, 0.3) is 0 Å². The highest BCUT2D eigenvalue weighted by Gasteiger charge is 2.16. The zero-order valence-electron chi connectivity index (χ0n) is 12.1. The van der Waals surface area contributed by atoms with Gasteiger partial charge < -0.3 is 14.8 Å². The van der Waals surface area contributed by atoms with E-state index in [1.54, 1.807) is 7.11 Å². The van der Waals surface area contributed by atoms with Crippen LogP contribution in [0.5, 0.6) is 5.88 Å². The number of hydrogen-bond donors (Lipinski definition) is 1. The van der Waals surface area contributed by atoms with Crippen molar-refractivity contribution in [1.29, 1.82) is 0 Å². The summed E-state index contributed by atoms with van der Waals surface area (Å²) in [6.45, 7) is 7.83. The molecule has 0 aromatic carbocycles. The largest absolute Gasteiger partial charge is 0.477 e. The Labute approximate surface area is 114 Å². The lowest BCUT2D eigenvalue weighted by molar-refractivity contribution is 0.00497. The zero-order valence-corrected chi connectivity index (χ0v) is 12.1. The molecule has 1 N–H and O–H groups in total. The summed E-state index contributed by atoms with van der Waals surface area (Å²) >= 11 is 0. The topological polar surface area (TPSA) is 43.4 Å². The van der Waals surface area contributed by atoms with Crippen LogP contribution in [0.15, 0.2) is 12.3 Å². The van der Waals surface area contributed by atoms with E-state index in [4.69, 9.17) is 9.47 Å². The van der Waals surface area contributed by atoms with E-state index in [1.165, 1.54) is 12.3 Å². The van der Waals surface area contributed by atoms with Gasteiger partial charge in [-0.1, -0.05) is 6.92 Å². The fraction of sp³-hybridized carbons (Fsp3) is 0.643. The van der Waals surface area contributed by atoms with Gasteiger partial charge in [-0.2, -0.15) is 0 Å². The van der Waals surface area contributed by atoms with Crippen molar-refractivity contribution in [2.24, 2.45) is 0 Å². The molecule has 1 heterocycles. The van der Waals surface area contributed by atoms with Crippen LogP contribution in [0.4, 0.5) is 4.39 Å². The fourth-order valence-corrected chi connectivity index (χ4v) is 1.48. The van der Waals surface area contributed by atoms with Crippen molar-refractivity contribution in [3.63, 3.8) is 0 Å². The Bertz CT molecular complexity index is 397. The molecule has 0 bridgehead atoms. The van der Waals surface area contributed by atoms with Crippen molar-refractivity contribution >= 4 is 0 Å². The monoisotopic (exact) mass is 270 g/mol. The fourth-order valence-electron chi connectivity index (χ4n) is 1.48. The highest BCUT2D eigenvalue weighted by Crippen LogP contribution is 2.18. The van der Waals surface area contributed by atoms with Crippen LogP contribution in [0.3, 0.4) is 0 Å². The molecule has 1 rings (SSSR count). The molecule has 0 atom stereocenters. The number of rotatable bonds is 8. The van der Waals surface area contributed by atoms with Gasteiger partial charge in [0.15, 0.2) is 0 Å². The second-order valence-electron chi connectivity index (χ2n) is 4.96. The third kappa shape index (κ3) is 5.53. The predicted octanol–water partition coefficient (Wildman–Crippen LogP) is 2.52. The summed E-state index contributed by atoms with van der Waals surface area (Å²) in [7, 11) is 1.67.